The van der Waals surface area contributed by atoms with Crippen molar-refractivity contribution in [3.63, 3.8) is 0 Å². The van der Waals surface area contributed by atoms with Crippen LogP contribution in [-0.2, 0) is 23.1 Å². The van der Waals surface area contributed by atoms with Crippen molar-refractivity contribution in [1.29, 1.82) is 0 Å². The van der Waals surface area contributed by atoms with E-state index in [1.807, 2.05) is 17.1 Å². The molecule has 0 spiro atoms. The SMILES string of the molecule is CC(C)n1cc(CNCc2ccc(S(N)(=O)=O)cc2)cn1. The Morgan fingerprint density at radius 3 is 2.33 bits per heavy atom. The molecular formula is C14H20N4O2S. The van der Waals surface area contributed by atoms with E-state index in [-0.39, 0.29) is 4.90 Å². The number of benzene rings is 1. The summed E-state index contributed by atoms with van der Waals surface area (Å²) in [6.07, 6.45) is 3.86. The fourth-order valence-electron chi connectivity index (χ4n) is 1.90. The van der Waals surface area contributed by atoms with Gasteiger partial charge in [-0.25, -0.2) is 13.6 Å². The minimum Gasteiger partial charge on any atom is -0.309 e. The average molecular weight is 308 g/mol. The van der Waals surface area contributed by atoms with Crippen LogP contribution in [0.3, 0.4) is 0 Å². The van der Waals surface area contributed by atoms with Gasteiger partial charge in [-0.15, -0.1) is 0 Å². The van der Waals surface area contributed by atoms with Gasteiger partial charge in [0.2, 0.25) is 10.0 Å². The standard InChI is InChI=1S/C14H20N4O2S/c1-11(2)18-10-13(9-17-18)8-16-7-12-3-5-14(6-4-12)21(15,19)20/h3-6,9-11,16H,7-8H2,1-2H3,(H2,15,19,20). The zero-order valence-corrected chi connectivity index (χ0v) is 13.0. The van der Waals surface area contributed by atoms with Crippen LogP contribution < -0.4 is 10.5 Å². The average Bonchev–Trinajstić information content (AvgIpc) is 2.87. The van der Waals surface area contributed by atoms with E-state index in [0.29, 0.717) is 19.1 Å². The van der Waals surface area contributed by atoms with Gasteiger partial charge < -0.3 is 5.32 Å². The second-order valence-electron chi connectivity index (χ2n) is 5.21. The maximum absolute atomic E-state index is 11.2. The summed E-state index contributed by atoms with van der Waals surface area (Å²) < 4.78 is 24.2. The van der Waals surface area contributed by atoms with Gasteiger partial charge in [-0.1, -0.05) is 12.1 Å². The quantitative estimate of drug-likeness (QED) is 0.844. The molecule has 7 heteroatoms. The molecule has 0 bridgehead atoms. The molecule has 0 fully saturated rings. The van der Waals surface area contributed by atoms with E-state index < -0.39 is 10.0 Å². The van der Waals surface area contributed by atoms with Crippen LogP contribution in [0.25, 0.3) is 0 Å². The molecule has 21 heavy (non-hydrogen) atoms. The summed E-state index contributed by atoms with van der Waals surface area (Å²) >= 11 is 0. The lowest BCUT2D eigenvalue weighted by molar-refractivity contribution is 0.531. The molecule has 0 saturated carbocycles. The molecule has 0 atom stereocenters. The summed E-state index contributed by atoms with van der Waals surface area (Å²) in [5, 5.41) is 12.6. The summed E-state index contributed by atoms with van der Waals surface area (Å²) in [6, 6.07) is 6.89. The molecule has 2 rings (SSSR count). The summed E-state index contributed by atoms with van der Waals surface area (Å²) in [5.74, 6) is 0. The van der Waals surface area contributed by atoms with Crippen molar-refractivity contribution in [2.24, 2.45) is 5.14 Å². The van der Waals surface area contributed by atoms with E-state index in [1.165, 1.54) is 12.1 Å². The molecule has 0 amide bonds. The molecule has 0 unspecified atom stereocenters. The van der Waals surface area contributed by atoms with Crippen LogP contribution in [0.15, 0.2) is 41.6 Å². The van der Waals surface area contributed by atoms with Crippen LogP contribution >= 0.6 is 0 Å². The zero-order valence-electron chi connectivity index (χ0n) is 12.2. The smallest absolute Gasteiger partial charge is 0.238 e. The summed E-state index contributed by atoms with van der Waals surface area (Å²) in [5.41, 5.74) is 2.11. The van der Waals surface area contributed by atoms with Gasteiger partial charge in [0.15, 0.2) is 0 Å². The summed E-state index contributed by atoms with van der Waals surface area (Å²) in [6.45, 7) is 5.52. The Labute approximate surface area is 125 Å². The van der Waals surface area contributed by atoms with Crippen molar-refractivity contribution in [2.45, 2.75) is 37.9 Å². The third-order valence-corrected chi connectivity index (χ3v) is 4.02. The topological polar surface area (TPSA) is 90.0 Å². The van der Waals surface area contributed by atoms with E-state index in [0.717, 1.165) is 11.1 Å². The first-order chi connectivity index (χ1) is 9.86. The lowest BCUT2D eigenvalue weighted by atomic mass is 10.2. The number of hydrogen-bond acceptors (Lipinski definition) is 4. The molecule has 6 nitrogen and oxygen atoms in total. The van der Waals surface area contributed by atoms with Crippen LogP contribution in [0, 0.1) is 0 Å². The Hall–Kier alpha value is -1.70. The van der Waals surface area contributed by atoms with E-state index in [1.54, 1.807) is 12.1 Å². The van der Waals surface area contributed by atoms with Crippen molar-refractivity contribution < 1.29 is 8.42 Å². The lowest BCUT2D eigenvalue weighted by Gasteiger charge is -2.05. The van der Waals surface area contributed by atoms with E-state index in [4.69, 9.17) is 5.14 Å². The van der Waals surface area contributed by atoms with Gasteiger partial charge in [0.25, 0.3) is 0 Å². The first-order valence-corrected chi connectivity index (χ1v) is 8.26. The number of primary sulfonamides is 1. The molecule has 1 aromatic heterocycles. The van der Waals surface area contributed by atoms with Gasteiger partial charge in [0, 0.05) is 30.9 Å². The zero-order chi connectivity index (χ0) is 15.5. The Morgan fingerprint density at radius 2 is 1.81 bits per heavy atom. The fraction of sp³-hybridized carbons (Fsp3) is 0.357. The van der Waals surface area contributed by atoms with Crippen LogP contribution in [0.2, 0.25) is 0 Å². The molecular weight excluding hydrogens is 288 g/mol. The number of nitrogens with zero attached hydrogens (tertiary/aromatic N) is 2. The van der Waals surface area contributed by atoms with Crippen LogP contribution in [-0.4, -0.2) is 18.2 Å². The maximum Gasteiger partial charge on any atom is 0.238 e. The molecule has 0 saturated heterocycles. The number of nitrogens with one attached hydrogen (secondary N) is 1. The third-order valence-electron chi connectivity index (χ3n) is 3.09. The Bertz CT molecular complexity index is 690. The molecule has 0 aliphatic rings. The molecule has 0 radical (unpaired) electrons. The molecule has 114 valence electrons. The first-order valence-electron chi connectivity index (χ1n) is 6.72. The predicted molar refractivity (Wildman–Crippen MR) is 81.0 cm³/mol. The van der Waals surface area contributed by atoms with E-state index in [2.05, 4.69) is 24.3 Å². The minimum absolute atomic E-state index is 0.129. The number of aromatic nitrogens is 2. The van der Waals surface area contributed by atoms with Crippen molar-refractivity contribution in [3.8, 4) is 0 Å². The highest BCUT2D eigenvalue weighted by Crippen LogP contribution is 2.09. The molecule has 1 aromatic carbocycles. The number of sulfonamides is 1. The van der Waals surface area contributed by atoms with Crippen molar-refractivity contribution >= 4 is 10.0 Å². The monoisotopic (exact) mass is 308 g/mol. The van der Waals surface area contributed by atoms with Crippen LogP contribution in [0.4, 0.5) is 0 Å². The predicted octanol–water partition coefficient (Wildman–Crippen LogP) is 1.40. The fourth-order valence-corrected chi connectivity index (χ4v) is 2.41. The normalized spacial score (nSPS) is 12.0. The highest BCUT2D eigenvalue weighted by molar-refractivity contribution is 7.89. The first kappa shape index (κ1) is 15.7. The van der Waals surface area contributed by atoms with Gasteiger partial charge in [0.05, 0.1) is 11.1 Å². The van der Waals surface area contributed by atoms with Gasteiger partial charge in [-0.2, -0.15) is 5.10 Å². The molecule has 3 N–H and O–H groups in total. The summed E-state index contributed by atoms with van der Waals surface area (Å²) in [4.78, 5) is 0.129. The Kier molecular flexibility index (Phi) is 4.76. The number of nitrogens with two attached hydrogens (primary N) is 1. The van der Waals surface area contributed by atoms with Crippen LogP contribution in [0.1, 0.15) is 31.0 Å². The Balaban J connectivity index is 1.88. The lowest BCUT2D eigenvalue weighted by Crippen LogP contribution is -2.14. The van der Waals surface area contributed by atoms with Crippen molar-refractivity contribution in [2.75, 3.05) is 0 Å². The molecule has 1 heterocycles. The van der Waals surface area contributed by atoms with Gasteiger partial charge in [-0.3, -0.25) is 4.68 Å². The third kappa shape index (κ3) is 4.38. The molecule has 2 aromatic rings. The molecule has 0 aliphatic carbocycles. The van der Waals surface area contributed by atoms with Gasteiger partial charge in [0.1, 0.15) is 0 Å². The number of rotatable bonds is 6. The van der Waals surface area contributed by atoms with Gasteiger partial charge >= 0.3 is 0 Å². The molecule has 0 aliphatic heterocycles. The largest absolute Gasteiger partial charge is 0.309 e. The van der Waals surface area contributed by atoms with Crippen LogP contribution in [0.5, 0.6) is 0 Å². The van der Waals surface area contributed by atoms with Crippen molar-refractivity contribution in [3.05, 3.63) is 47.8 Å². The second kappa shape index (κ2) is 6.38. The second-order valence-corrected chi connectivity index (χ2v) is 6.78. The highest BCUT2D eigenvalue weighted by Gasteiger charge is 2.06. The highest BCUT2D eigenvalue weighted by atomic mass is 32.2. The van der Waals surface area contributed by atoms with E-state index in [9.17, 15) is 8.42 Å². The number of hydrogen-bond donors (Lipinski definition) is 2. The maximum atomic E-state index is 11.2. The van der Waals surface area contributed by atoms with E-state index >= 15 is 0 Å². The summed E-state index contributed by atoms with van der Waals surface area (Å²) in [7, 11) is -3.62. The Morgan fingerprint density at radius 1 is 1.19 bits per heavy atom. The van der Waals surface area contributed by atoms with Gasteiger partial charge in [-0.05, 0) is 31.5 Å². The minimum atomic E-state index is -3.62. The van der Waals surface area contributed by atoms with Crippen molar-refractivity contribution in [1.82, 2.24) is 15.1 Å².